The third-order valence-corrected chi connectivity index (χ3v) is 2.84. The number of rotatable bonds is 5. The molecule has 0 unspecified atom stereocenters. The van der Waals surface area contributed by atoms with Gasteiger partial charge >= 0.3 is 5.00 Å². The van der Waals surface area contributed by atoms with Crippen molar-refractivity contribution in [3.8, 4) is 0 Å². The summed E-state index contributed by atoms with van der Waals surface area (Å²) >= 11 is 1.13. The summed E-state index contributed by atoms with van der Waals surface area (Å²) in [6.07, 6.45) is 1.44. The van der Waals surface area contributed by atoms with E-state index in [0.29, 0.717) is 13.1 Å². The lowest BCUT2D eigenvalue weighted by atomic mass is 10.3. The Morgan fingerprint density at radius 1 is 1.56 bits per heavy atom. The van der Waals surface area contributed by atoms with Gasteiger partial charge in [0, 0.05) is 18.0 Å². The Labute approximate surface area is 94.7 Å². The summed E-state index contributed by atoms with van der Waals surface area (Å²) in [5.74, 6) is 0.740. The molecule has 2 aromatic rings. The van der Waals surface area contributed by atoms with Gasteiger partial charge in [0.05, 0.1) is 11.5 Å². The van der Waals surface area contributed by atoms with Crippen molar-refractivity contribution in [2.24, 2.45) is 0 Å². The Morgan fingerprint density at radius 3 is 3.06 bits per heavy atom. The minimum Gasteiger partial charge on any atom is -0.306 e. The molecular weight excluding hydrogens is 230 g/mol. The highest BCUT2D eigenvalue weighted by Crippen LogP contribution is 2.22. The highest BCUT2D eigenvalue weighted by Gasteiger charge is 2.08. The first-order valence-corrected chi connectivity index (χ1v) is 5.40. The fraction of sp³-hybridized carbons (Fsp3) is 0.250. The number of thiophene rings is 1. The monoisotopic (exact) mass is 239 g/mol. The molecule has 0 atom stereocenters. The van der Waals surface area contributed by atoms with Crippen molar-refractivity contribution in [3.63, 3.8) is 0 Å². The van der Waals surface area contributed by atoms with Gasteiger partial charge in [-0.2, -0.15) is 5.10 Å². The van der Waals surface area contributed by atoms with E-state index in [0.717, 1.165) is 22.7 Å². The zero-order valence-corrected chi connectivity index (χ0v) is 9.03. The first-order valence-electron chi connectivity index (χ1n) is 4.52. The molecule has 2 rings (SSSR count). The summed E-state index contributed by atoms with van der Waals surface area (Å²) in [6.45, 7) is 1.13. The second kappa shape index (κ2) is 4.81. The fourth-order valence-electron chi connectivity index (χ4n) is 1.19. The van der Waals surface area contributed by atoms with Gasteiger partial charge < -0.3 is 5.32 Å². The minimum atomic E-state index is -0.384. The molecule has 0 saturated heterocycles. The molecule has 0 aliphatic rings. The molecule has 84 valence electrons. The number of nitro groups is 1. The lowest BCUT2D eigenvalue weighted by Gasteiger charge is -1.98. The van der Waals surface area contributed by atoms with Gasteiger partial charge in [-0.1, -0.05) is 11.3 Å². The molecule has 0 amide bonds. The van der Waals surface area contributed by atoms with Gasteiger partial charge in [-0.05, 0) is 5.56 Å². The SMILES string of the molecule is O=[N+]([O-])c1cc(CNCc2ncn[nH]2)cs1. The van der Waals surface area contributed by atoms with Crippen LogP contribution in [-0.4, -0.2) is 20.1 Å². The van der Waals surface area contributed by atoms with Crippen LogP contribution in [0.3, 0.4) is 0 Å². The van der Waals surface area contributed by atoms with Gasteiger partial charge in [-0.3, -0.25) is 15.2 Å². The van der Waals surface area contributed by atoms with Crippen LogP contribution in [-0.2, 0) is 13.1 Å². The Morgan fingerprint density at radius 2 is 2.44 bits per heavy atom. The molecule has 16 heavy (non-hydrogen) atoms. The van der Waals surface area contributed by atoms with Crippen molar-refractivity contribution in [2.45, 2.75) is 13.1 Å². The molecule has 0 bridgehead atoms. The molecule has 0 fully saturated rings. The largest absolute Gasteiger partial charge is 0.324 e. The summed E-state index contributed by atoms with van der Waals surface area (Å²) in [5, 5.41) is 21.9. The van der Waals surface area contributed by atoms with E-state index in [1.165, 1.54) is 6.33 Å². The number of hydrogen-bond acceptors (Lipinski definition) is 6. The van der Waals surface area contributed by atoms with E-state index in [4.69, 9.17) is 0 Å². The molecule has 0 aliphatic heterocycles. The predicted molar refractivity (Wildman–Crippen MR) is 57.9 cm³/mol. The molecule has 0 saturated carbocycles. The van der Waals surface area contributed by atoms with E-state index in [1.54, 1.807) is 11.4 Å². The van der Waals surface area contributed by atoms with Crippen molar-refractivity contribution < 1.29 is 4.92 Å². The van der Waals surface area contributed by atoms with Gasteiger partial charge in [0.1, 0.15) is 12.2 Å². The molecule has 0 radical (unpaired) electrons. The van der Waals surface area contributed by atoms with Crippen LogP contribution in [0, 0.1) is 10.1 Å². The number of aromatic amines is 1. The van der Waals surface area contributed by atoms with Crippen molar-refractivity contribution in [2.75, 3.05) is 0 Å². The summed E-state index contributed by atoms with van der Waals surface area (Å²) in [4.78, 5) is 14.0. The zero-order chi connectivity index (χ0) is 11.4. The second-order valence-electron chi connectivity index (χ2n) is 3.09. The Hall–Kier alpha value is -1.80. The molecule has 0 aromatic carbocycles. The smallest absolute Gasteiger partial charge is 0.306 e. The molecule has 8 heteroatoms. The first-order chi connectivity index (χ1) is 7.75. The number of aromatic nitrogens is 3. The van der Waals surface area contributed by atoms with Gasteiger partial charge in [0.2, 0.25) is 0 Å². The molecule has 7 nitrogen and oxygen atoms in total. The third kappa shape index (κ3) is 2.61. The van der Waals surface area contributed by atoms with Crippen LogP contribution in [0.4, 0.5) is 5.00 Å². The van der Waals surface area contributed by atoms with E-state index in [1.807, 2.05) is 0 Å². The Kier molecular flexibility index (Phi) is 3.22. The Bertz CT molecular complexity index is 466. The van der Waals surface area contributed by atoms with Crippen LogP contribution in [0.15, 0.2) is 17.8 Å². The van der Waals surface area contributed by atoms with Crippen LogP contribution in [0.25, 0.3) is 0 Å². The predicted octanol–water partition coefficient (Wildman–Crippen LogP) is 1.06. The molecule has 2 N–H and O–H groups in total. The summed E-state index contributed by atoms with van der Waals surface area (Å²) < 4.78 is 0. The second-order valence-corrected chi connectivity index (χ2v) is 3.98. The van der Waals surface area contributed by atoms with Gasteiger partial charge in [-0.25, -0.2) is 4.98 Å². The van der Waals surface area contributed by atoms with E-state index in [-0.39, 0.29) is 9.92 Å². The van der Waals surface area contributed by atoms with Crippen molar-refractivity contribution >= 4 is 16.3 Å². The van der Waals surface area contributed by atoms with Crippen LogP contribution in [0.1, 0.15) is 11.4 Å². The summed E-state index contributed by atoms with van der Waals surface area (Å²) in [7, 11) is 0. The fourth-order valence-corrected chi connectivity index (χ4v) is 1.92. The standard InChI is InChI=1S/C8H9N5O2S/c14-13(15)8-1-6(4-16-8)2-9-3-7-10-5-11-12-7/h1,4-5,9H,2-3H2,(H,10,11,12). The Balaban J connectivity index is 1.83. The van der Waals surface area contributed by atoms with Gasteiger partial charge in [-0.15, -0.1) is 0 Å². The molecule has 0 spiro atoms. The van der Waals surface area contributed by atoms with E-state index < -0.39 is 0 Å². The minimum absolute atomic E-state index is 0.163. The van der Waals surface area contributed by atoms with Gasteiger partial charge in [0.15, 0.2) is 0 Å². The van der Waals surface area contributed by atoms with Crippen molar-refractivity contribution in [1.29, 1.82) is 0 Å². The van der Waals surface area contributed by atoms with Gasteiger partial charge in [0.25, 0.3) is 0 Å². The number of nitrogens with zero attached hydrogens (tertiary/aromatic N) is 3. The number of hydrogen-bond donors (Lipinski definition) is 2. The average molecular weight is 239 g/mol. The lowest BCUT2D eigenvalue weighted by Crippen LogP contribution is -2.13. The van der Waals surface area contributed by atoms with Crippen LogP contribution >= 0.6 is 11.3 Å². The van der Waals surface area contributed by atoms with E-state index in [9.17, 15) is 10.1 Å². The van der Waals surface area contributed by atoms with Crippen molar-refractivity contribution in [1.82, 2.24) is 20.5 Å². The highest BCUT2D eigenvalue weighted by atomic mass is 32.1. The maximum Gasteiger partial charge on any atom is 0.324 e. The van der Waals surface area contributed by atoms with E-state index in [2.05, 4.69) is 20.5 Å². The maximum atomic E-state index is 10.4. The zero-order valence-electron chi connectivity index (χ0n) is 8.21. The average Bonchev–Trinajstić information content (AvgIpc) is 2.87. The molecule has 2 heterocycles. The topological polar surface area (TPSA) is 96.7 Å². The number of H-pyrrole nitrogens is 1. The normalized spacial score (nSPS) is 10.5. The van der Waals surface area contributed by atoms with Crippen LogP contribution in [0.2, 0.25) is 0 Å². The van der Waals surface area contributed by atoms with Crippen LogP contribution < -0.4 is 5.32 Å². The highest BCUT2D eigenvalue weighted by molar-refractivity contribution is 7.13. The first kappa shape index (κ1) is 10.7. The summed E-state index contributed by atoms with van der Waals surface area (Å²) in [5.41, 5.74) is 0.899. The lowest BCUT2D eigenvalue weighted by molar-refractivity contribution is -0.380. The quantitative estimate of drug-likeness (QED) is 0.600. The maximum absolute atomic E-state index is 10.4. The van der Waals surface area contributed by atoms with Crippen molar-refractivity contribution in [3.05, 3.63) is 39.3 Å². The van der Waals surface area contributed by atoms with Crippen LogP contribution in [0.5, 0.6) is 0 Å². The molecule has 2 aromatic heterocycles. The molecular formula is C8H9N5O2S. The number of nitrogens with one attached hydrogen (secondary N) is 2. The molecule has 0 aliphatic carbocycles. The van der Waals surface area contributed by atoms with E-state index >= 15 is 0 Å². The third-order valence-electron chi connectivity index (χ3n) is 1.91. The summed E-state index contributed by atoms with van der Waals surface area (Å²) in [6, 6.07) is 1.57.